The molecular weight excluding hydrogens is 975 g/mol. The summed E-state index contributed by atoms with van der Waals surface area (Å²) in [5.74, 6) is -6.83. The lowest BCUT2D eigenvalue weighted by Gasteiger charge is -2.45. The van der Waals surface area contributed by atoms with E-state index >= 15 is 0 Å². The standard InChI is InChI=1S/C47H73NO17.C9H8O/c1-27-17-15-13-11-9-7-5-6-8-10-12-14-16-18-34(64-46-44(58)41(48)43(57)30(4)63-46)24-38-40(45(59)60)37(54)26-47(61,65-38)25-33(51)22-36(53)35(52)20-19-31(49)21-32(50)23-39(55)62-29(3)28(2)42(27)56;10-8-4-7-9-5-2-1-3-6-9/h5-18,27-38,40-44,46,49-54,56-58,61H,19-26,48H2,1-4H3,(H,59,60);1-8H/b6-5+,9-7+,10-8+,13-11+,14-12+,17-15+,18-16+;7-4+/t27-,28-,29-,30+,31+,32+,33-,34-,35+,36+,37-,38-,40+,41-,42+,43+,44-,46-,47+;/m0./s1. The number of carboxylic acids is 1. The van der Waals surface area contributed by atoms with Gasteiger partial charge in [-0.1, -0.05) is 135 Å². The maximum atomic E-state index is 12.6. The Bertz CT molecular complexity index is 2090. The number of hydrogen-bond acceptors (Lipinski definition) is 18. The first kappa shape index (κ1) is 64.5. The maximum Gasteiger partial charge on any atom is 0.311 e. The topological polar surface area (TPSA) is 337 Å². The zero-order valence-electron chi connectivity index (χ0n) is 43.1. The van der Waals surface area contributed by atoms with Crippen LogP contribution in [0.3, 0.4) is 0 Å². The number of carbonyl (C=O) groups is 3. The van der Waals surface area contributed by atoms with Crippen molar-refractivity contribution in [2.75, 3.05) is 0 Å². The van der Waals surface area contributed by atoms with Gasteiger partial charge in [0.15, 0.2) is 12.1 Å². The van der Waals surface area contributed by atoms with Crippen LogP contribution in [0.1, 0.15) is 84.6 Å². The quantitative estimate of drug-likeness (QED) is 0.115. The van der Waals surface area contributed by atoms with Crippen molar-refractivity contribution >= 4 is 24.3 Å². The van der Waals surface area contributed by atoms with Crippen molar-refractivity contribution in [2.45, 2.75) is 177 Å². The normalized spacial score (nSPS) is 40.8. The zero-order chi connectivity index (χ0) is 55.7. The number of carbonyl (C=O) groups excluding carboxylic acids is 2. The molecule has 0 aromatic heterocycles. The molecule has 0 amide bonds. The molecule has 19 atom stereocenters. The van der Waals surface area contributed by atoms with Crippen LogP contribution in [-0.2, 0) is 33.3 Å². The number of aliphatic hydroxyl groups is 10. The molecule has 3 heterocycles. The van der Waals surface area contributed by atoms with Crippen LogP contribution in [-0.4, -0.2) is 172 Å². The summed E-state index contributed by atoms with van der Waals surface area (Å²) in [5.41, 5.74) is 7.07. The second kappa shape index (κ2) is 33.4. The van der Waals surface area contributed by atoms with E-state index in [1.165, 1.54) is 19.1 Å². The molecule has 4 rings (SSSR count). The average molecular weight is 1060 g/mol. The summed E-state index contributed by atoms with van der Waals surface area (Å²) in [4.78, 5) is 35.0. The molecule has 3 aliphatic rings. The van der Waals surface area contributed by atoms with E-state index in [0.29, 0.717) is 0 Å². The molecule has 13 N–H and O–H groups in total. The summed E-state index contributed by atoms with van der Waals surface area (Å²) in [7, 11) is 0. The molecule has 0 unspecified atom stereocenters. The van der Waals surface area contributed by atoms with Crippen LogP contribution in [0.2, 0.25) is 0 Å². The van der Waals surface area contributed by atoms with Gasteiger partial charge in [0.1, 0.15) is 24.4 Å². The van der Waals surface area contributed by atoms with Gasteiger partial charge >= 0.3 is 11.9 Å². The summed E-state index contributed by atoms with van der Waals surface area (Å²) >= 11 is 0. The molecule has 19 heteroatoms. The largest absolute Gasteiger partial charge is 0.481 e. The van der Waals surface area contributed by atoms with Crippen molar-refractivity contribution in [2.24, 2.45) is 23.5 Å². The monoisotopic (exact) mass is 1060 g/mol. The van der Waals surface area contributed by atoms with Gasteiger partial charge in [-0.2, -0.15) is 0 Å². The lowest BCUT2D eigenvalue weighted by molar-refractivity contribution is -0.308. The van der Waals surface area contributed by atoms with Crippen molar-refractivity contribution < 1.29 is 89.5 Å². The number of aliphatic carboxylic acids is 1. The highest BCUT2D eigenvalue weighted by Gasteiger charge is 2.51. The molecule has 19 nitrogen and oxygen atoms in total. The fourth-order valence-corrected chi connectivity index (χ4v) is 8.68. The Morgan fingerprint density at radius 2 is 1.27 bits per heavy atom. The van der Waals surface area contributed by atoms with Crippen molar-refractivity contribution in [3.05, 3.63) is 127 Å². The number of benzene rings is 1. The number of ether oxygens (including phenoxy) is 4. The molecule has 2 saturated heterocycles. The summed E-state index contributed by atoms with van der Waals surface area (Å²) < 4.78 is 23.1. The number of esters is 1. The van der Waals surface area contributed by atoms with Crippen LogP contribution in [0.15, 0.2) is 121 Å². The lowest BCUT2D eigenvalue weighted by atomic mass is 9.82. The SMILES string of the molecule is C[C@@H]1[C@H](O)[C@@H](C)/C=C/C=C/C=C/C=C/C=C/C=C/C=C/[C@H](O[C@@H]2O[C@H](C)[C@@H](O)[C@H](N)[C@@H]2O)C[C@@H]2O[C@](O)(C[C@@H](O)C[C@@H](O)[C@H](O)CC[C@@H](O)C[C@@H](O)CC(=O)O[C@H]1C)C[C@H](O)[C@H]2C(=O)O.O=C/C=C/c1ccccc1. The van der Waals surface area contributed by atoms with Crippen LogP contribution in [0.25, 0.3) is 6.08 Å². The number of hydrogen-bond donors (Lipinski definition) is 12. The van der Waals surface area contributed by atoms with Gasteiger partial charge < -0.3 is 80.9 Å². The molecule has 0 saturated carbocycles. The fraction of sp³-hybridized carbons (Fsp3) is 0.554. The van der Waals surface area contributed by atoms with Crippen LogP contribution in [0.4, 0.5) is 0 Å². The first-order chi connectivity index (χ1) is 35.5. The van der Waals surface area contributed by atoms with E-state index in [4.69, 9.17) is 24.7 Å². The smallest absolute Gasteiger partial charge is 0.311 e. The third-order valence-electron chi connectivity index (χ3n) is 13.2. The van der Waals surface area contributed by atoms with Crippen LogP contribution < -0.4 is 5.73 Å². The Labute approximate surface area is 439 Å². The number of cyclic esters (lactones) is 1. The molecular formula is C56H81NO18. The lowest BCUT2D eigenvalue weighted by Crippen LogP contribution is -2.61. The molecule has 0 radical (unpaired) electrons. The number of rotatable bonds is 5. The number of carboxylic acid groups (broad SMARTS) is 1. The minimum atomic E-state index is -2.33. The van der Waals surface area contributed by atoms with Crippen molar-refractivity contribution in [1.29, 1.82) is 0 Å². The van der Waals surface area contributed by atoms with Crippen molar-refractivity contribution in [3.63, 3.8) is 0 Å². The Morgan fingerprint density at radius 1 is 0.680 bits per heavy atom. The second-order valence-corrected chi connectivity index (χ2v) is 19.5. The van der Waals surface area contributed by atoms with E-state index in [0.717, 1.165) is 11.8 Å². The number of fused-ring (bicyclic) bond motifs is 2. The van der Waals surface area contributed by atoms with Gasteiger partial charge in [-0.25, -0.2) is 0 Å². The van der Waals surface area contributed by atoms with E-state index in [-0.39, 0.29) is 31.6 Å². The summed E-state index contributed by atoms with van der Waals surface area (Å²) in [6, 6.07) is 8.55. The van der Waals surface area contributed by atoms with Gasteiger partial charge in [0.2, 0.25) is 0 Å². The van der Waals surface area contributed by atoms with Crippen LogP contribution in [0, 0.1) is 17.8 Å². The van der Waals surface area contributed by atoms with Crippen molar-refractivity contribution in [1.82, 2.24) is 0 Å². The van der Waals surface area contributed by atoms with Gasteiger partial charge in [-0.3, -0.25) is 14.4 Å². The highest BCUT2D eigenvalue weighted by atomic mass is 16.7. The molecule has 1 aromatic rings. The molecule has 418 valence electrons. The van der Waals surface area contributed by atoms with Gasteiger partial charge in [0.25, 0.3) is 0 Å². The third kappa shape index (κ3) is 23.1. The molecule has 3 aliphatic heterocycles. The maximum absolute atomic E-state index is 12.6. The van der Waals surface area contributed by atoms with Gasteiger partial charge in [-0.05, 0) is 44.7 Å². The van der Waals surface area contributed by atoms with E-state index in [9.17, 15) is 70.6 Å². The molecule has 1 aromatic carbocycles. The highest BCUT2D eigenvalue weighted by Crippen LogP contribution is 2.38. The minimum absolute atomic E-state index is 0.107. The average Bonchev–Trinajstić information content (AvgIpc) is 3.34. The Hall–Kier alpha value is -4.81. The molecule has 0 spiro atoms. The Kier molecular flexibility index (Phi) is 28.7. The summed E-state index contributed by atoms with van der Waals surface area (Å²) in [6.07, 6.45) is 7.48. The molecule has 2 fully saturated rings. The highest BCUT2D eigenvalue weighted by molar-refractivity contribution is 5.73. The predicted octanol–water partition coefficient (Wildman–Crippen LogP) is 2.61. The van der Waals surface area contributed by atoms with Crippen LogP contribution >= 0.6 is 0 Å². The van der Waals surface area contributed by atoms with Gasteiger partial charge in [0.05, 0.1) is 79.6 Å². The number of nitrogens with two attached hydrogens (primary N) is 1. The summed E-state index contributed by atoms with van der Waals surface area (Å²) in [6.45, 7) is 6.74. The predicted molar refractivity (Wildman–Crippen MR) is 279 cm³/mol. The second-order valence-electron chi connectivity index (χ2n) is 19.5. The van der Waals surface area contributed by atoms with Gasteiger partial charge in [-0.15, -0.1) is 0 Å². The van der Waals surface area contributed by atoms with Gasteiger partial charge in [0, 0.05) is 37.5 Å². The number of allylic oxidation sites excluding steroid dienone is 13. The molecule has 0 aliphatic carbocycles. The van der Waals surface area contributed by atoms with Crippen LogP contribution in [0.5, 0.6) is 0 Å². The first-order valence-corrected chi connectivity index (χ1v) is 25.4. The zero-order valence-corrected chi connectivity index (χ0v) is 43.1. The minimum Gasteiger partial charge on any atom is -0.481 e. The van der Waals surface area contributed by atoms with Crippen molar-refractivity contribution in [3.8, 4) is 0 Å². The Morgan fingerprint density at radius 3 is 1.85 bits per heavy atom. The number of aldehydes is 1. The van der Waals surface area contributed by atoms with E-state index in [1.807, 2.05) is 49.4 Å². The molecule has 2 bridgehead atoms. The van der Waals surface area contributed by atoms with E-state index in [1.54, 1.807) is 86.8 Å². The van der Waals surface area contributed by atoms with E-state index < -0.39 is 147 Å². The third-order valence-corrected chi connectivity index (χ3v) is 13.2. The first-order valence-electron chi connectivity index (χ1n) is 25.4. The Balaban J connectivity index is 0.00000132. The van der Waals surface area contributed by atoms with E-state index in [2.05, 4.69) is 0 Å². The fourth-order valence-electron chi connectivity index (χ4n) is 8.68. The molecule has 75 heavy (non-hydrogen) atoms. The summed E-state index contributed by atoms with van der Waals surface area (Å²) in [5, 5.41) is 118. The number of aliphatic hydroxyl groups excluding tert-OH is 9.